The molecule has 116 valence electrons. The van der Waals surface area contributed by atoms with Gasteiger partial charge in [-0.05, 0) is 24.3 Å². The summed E-state index contributed by atoms with van der Waals surface area (Å²) in [6.07, 6.45) is 2.72. The van der Waals surface area contributed by atoms with Crippen molar-refractivity contribution in [3.8, 4) is 28.0 Å². The zero-order chi connectivity index (χ0) is 16.6. The van der Waals surface area contributed by atoms with Crippen molar-refractivity contribution in [2.75, 3.05) is 0 Å². The van der Waals surface area contributed by atoms with Gasteiger partial charge < -0.3 is 9.15 Å². The van der Waals surface area contributed by atoms with Crippen molar-refractivity contribution in [3.05, 3.63) is 63.1 Å². The zero-order valence-electron chi connectivity index (χ0n) is 11.9. The Labute approximate surface area is 141 Å². The average molecular weight is 349 g/mol. The summed E-state index contributed by atoms with van der Waals surface area (Å²) in [7, 11) is 0. The van der Waals surface area contributed by atoms with Crippen LogP contribution in [-0.2, 0) is 4.79 Å². The Bertz CT molecular complexity index is 930. The zero-order valence-corrected chi connectivity index (χ0v) is 13.4. The third-order valence-electron chi connectivity index (χ3n) is 3.29. The summed E-state index contributed by atoms with van der Waals surface area (Å²) in [5.41, 5.74) is 1.50. The van der Waals surface area contributed by atoms with E-state index in [1.807, 2.05) is 0 Å². The molecule has 0 fully saturated rings. The molecule has 0 N–H and O–H groups in total. The normalized spacial score (nSPS) is 10.7. The SMILES string of the molecule is CC(=O)Oc1c(-c2ccc(Cl)cc2Cl)cc(=O)c2coccc1-2. The minimum Gasteiger partial charge on any atom is -0.472 e. The first kappa shape index (κ1) is 15.6. The van der Waals surface area contributed by atoms with Crippen LogP contribution < -0.4 is 10.2 Å². The van der Waals surface area contributed by atoms with E-state index >= 15 is 0 Å². The molecular weight excluding hydrogens is 339 g/mol. The average Bonchev–Trinajstić information content (AvgIpc) is 2.50. The summed E-state index contributed by atoms with van der Waals surface area (Å²) >= 11 is 12.1. The fourth-order valence-corrected chi connectivity index (χ4v) is 2.85. The molecule has 0 saturated heterocycles. The van der Waals surface area contributed by atoms with Crippen LogP contribution in [0.15, 0.2) is 52.1 Å². The van der Waals surface area contributed by atoms with Crippen LogP contribution in [0.3, 0.4) is 0 Å². The maximum Gasteiger partial charge on any atom is 0.308 e. The predicted molar refractivity (Wildman–Crippen MR) is 88.4 cm³/mol. The van der Waals surface area contributed by atoms with Crippen molar-refractivity contribution in [2.45, 2.75) is 6.92 Å². The van der Waals surface area contributed by atoms with Gasteiger partial charge in [-0.2, -0.15) is 0 Å². The second-order valence-electron chi connectivity index (χ2n) is 4.85. The summed E-state index contributed by atoms with van der Waals surface area (Å²) in [5, 5.41) is 0.819. The molecule has 1 aliphatic heterocycles. The molecule has 0 aromatic heterocycles. The fourth-order valence-electron chi connectivity index (χ4n) is 2.34. The quantitative estimate of drug-likeness (QED) is 0.499. The van der Waals surface area contributed by atoms with Crippen molar-refractivity contribution < 1.29 is 13.9 Å². The number of ether oxygens (including phenoxy) is 1. The molecule has 6 heteroatoms. The van der Waals surface area contributed by atoms with E-state index < -0.39 is 5.97 Å². The van der Waals surface area contributed by atoms with Gasteiger partial charge in [0.2, 0.25) is 0 Å². The molecular formula is C17H10Cl2O4. The van der Waals surface area contributed by atoms with Crippen LogP contribution in [0.4, 0.5) is 0 Å². The number of fused-ring (bicyclic) bond motifs is 1. The molecule has 0 unspecified atom stereocenters. The van der Waals surface area contributed by atoms with Gasteiger partial charge in [-0.25, -0.2) is 0 Å². The smallest absolute Gasteiger partial charge is 0.308 e. The lowest BCUT2D eigenvalue weighted by molar-refractivity contribution is -0.131. The Hall–Kier alpha value is -2.30. The van der Waals surface area contributed by atoms with Crippen LogP contribution in [0.2, 0.25) is 10.0 Å². The van der Waals surface area contributed by atoms with Gasteiger partial charge in [0.1, 0.15) is 12.0 Å². The van der Waals surface area contributed by atoms with Crippen molar-refractivity contribution in [3.63, 3.8) is 0 Å². The molecule has 1 aliphatic carbocycles. The molecule has 23 heavy (non-hydrogen) atoms. The molecule has 3 rings (SSSR count). The number of rotatable bonds is 2. The maximum atomic E-state index is 12.3. The fraction of sp³-hybridized carbons (Fsp3) is 0.0588. The Morgan fingerprint density at radius 3 is 2.52 bits per heavy atom. The molecule has 0 amide bonds. The summed E-state index contributed by atoms with van der Waals surface area (Å²) in [5.74, 6) is -0.246. The first-order chi connectivity index (χ1) is 11.0. The Morgan fingerprint density at radius 1 is 1.04 bits per heavy atom. The minimum atomic E-state index is -0.503. The van der Waals surface area contributed by atoms with Gasteiger partial charge >= 0.3 is 5.97 Å². The molecule has 0 atom stereocenters. The van der Waals surface area contributed by atoms with Crippen molar-refractivity contribution in [1.82, 2.24) is 0 Å². The number of esters is 1. The van der Waals surface area contributed by atoms with E-state index in [0.717, 1.165) is 0 Å². The van der Waals surface area contributed by atoms with Gasteiger partial charge in [0.05, 0.1) is 16.8 Å². The number of carbonyl (C=O) groups excluding carboxylic acids is 1. The van der Waals surface area contributed by atoms with Crippen LogP contribution in [0, 0.1) is 0 Å². The van der Waals surface area contributed by atoms with E-state index in [0.29, 0.717) is 32.3 Å². The third kappa shape index (κ3) is 2.96. The molecule has 1 aromatic rings. The Morgan fingerprint density at radius 2 is 1.83 bits per heavy atom. The van der Waals surface area contributed by atoms with Crippen LogP contribution >= 0.6 is 23.2 Å². The molecule has 0 spiro atoms. The first-order valence-corrected chi connectivity index (χ1v) is 7.40. The highest BCUT2D eigenvalue weighted by atomic mass is 35.5. The van der Waals surface area contributed by atoms with E-state index in [1.54, 1.807) is 24.3 Å². The van der Waals surface area contributed by atoms with Gasteiger partial charge in [-0.15, -0.1) is 0 Å². The Kier molecular flexibility index (Phi) is 4.11. The number of hydrogen-bond donors (Lipinski definition) is 0. The van der Waals surface area contributed by atoms with Crippen molar-refractivity contribution in [1.29, 1.82) is 0 Å². The van der Waals surface area contributed by atoms with Crippen LogP contribution in [0.5, 0.6) is 5.75 Å². The van der Waals surface area contributed by atoms with Crippen molar-refractivity contribution >= 4 is 29.2 Å². The molecule has 1 heterocycles. The molecule has 2 aliphatic rings. The summed E-state index contributed by atoms with van der Waals surface area (Å²) in [6.45, 7) is 1.29. The second-order valence-corrected chi connectivity index (χ2v) is 5.70. The highest BCUT2D eigenvalue weighted by molar-refractivity contribution is 6.36. The monoisotopic (exact) mass is 348 g/mol. The van der Waals surface area contributed by atoms with Gasteiger partial charge in [-0.3, -0.25) is 9.59 Å². The highest BCUT2D eigenvalue weighted by Crippen LogP contribution is 2.41. The largest absolute Gasteiger partial charge is 0.472 e. The third-order valence-corrected chi connectivity index (χ3v) is 3.83. The highest BCUT2D eigenvalue weighted by Gasteiger charge is 2.21. The van der Waals surface area contributed by atoms with E-state index in [-0.39, 0.29) is 11.2 Å². The number of halogens is 2. The molecule has 0 bridgehead atoms. The molecule has 0 saturated carbocycles. The first-order valence-electron chi connectivity index (χ1n) is 6.64. The summed E-state index contributed by atoms with van der Waals surface area (Å²) in [4.78, 5) is 23.8. The standard InChI is InChI=1S/C17H10Cl2O4/c1-9(20)23-17-12-4-5-22-8-14(12)16(21)7-13(17)11-3-2-10(18)6-15(11)19/h2-8H,1H3. The lowest BCUT2D eigenvalue weighted by Gasteiger charge is -2.15. The number of hydrogen-bond acceptors (Lipinski definition) is 4. The van der Waals surface area contributed by atoms with Gasteiger partial charge in [-0.1, -0.05) is 29.3 Å². The van der Waals surface area contributed by atoms with E-state index in [9.17, 15) is 9.59 Å². The van der Waals surface area contributed by atoms with Crippen LogP contribution in [-0.4, -0.2) is 5.97 Å². The van der Waals surface area contributed by atoms with Crippen LogP contribution in [0.25, 0.3) is 22.3 Å². The molecule has 0 radical (unpaired) electrons. The predicted octanol–water partition coefficient (Wildman–Crippen LogP) is 4.64. The lowest BCUT2D eigenvalue weighted by atomic mass is 9.96. The van der Waals surface area contributed by atoms with Gasteiger partial charge in [0.25, 0.3) is 0 Å². The lowest BCUT2D eigenvalue weighted by Crippen LogP contribution is -2.11. The van der Waals surface area contributed by atoms with E-state index in [4.69, 9.17) is 32.4 Å². The van der Waals surface area contributed by atoms with Crippen molar-refractivity contribution in [2.24, 2.45) is 0 Å². The van der Waals surface area contributed by atoms with E-state index in [2.05, 4.69) is 0 Å². The summed E-state index contributed by atoms with van der Waals surface area (Å²) in [6, 6.07) is 7.82. The second kappa shape index (κ2) is 6.07. The molecule has 4 nitrogen and oxygen atoms in total. The van der Waals surface area contributed by atoms with Gasteiger partial charge in [0.15, 0.2) is 5.43 Å². The topological polar surface area (TPSA) is 56.5 Å². The number of benzene rings is 2. The van der Waals surface area contributed by atoms with Gasteiger partial charge in [0, 0.05) is 28.6 Å². The number of carbonyl (C=O) groups is 1. The molecule has 1 aromatic carbocycles. The maximum absolute atomic E-state index is 12.3. The summed E-state index contributed by atoms with van der Waals surface area (Å²) < 4.78 is 10.4. The van der Waals surface area contributed by atoms with E-state index in [1.165, 1.54) is 25.5 Å². The Balaban J connectivity index is 2.37. The minimum absolute atomic E-state index is 0.257. The van der Waals surface area contributed by atoms with Crippen LogP contribution in [0.1, 0.15) is 6.92 Å².